The van der Waals surface area contributed by atoms with Gasteiger partial charge in [0.15, 0.2) is 6.61 Å². The number of carbonyl (C=O) groups excluding carboxylic acids is 3. The highest BCUT2D eigenvalue weighted by atomic mass is 16.5. The lowest BCUT2D eigenvalue weighted by Crippen LogP contribution is -2.43. The van der Waals surface area contributed by atoms with Gasteiger partial charge < -0.3 is 9.47 Å². The first-order valence-corrected chi connectivity index (χ1v) is 8.06. The Bertz CT molecular complexity index is 744. The molecule has 0 aliphatic carbocycles. The second-order valence-corrected chi connectivity index (χ2v) is 5.49. The maximum absolute atomic E-state index is 11.7. The number of aryl methyl sites for hydroxylation is 1. The largest absolute Gasteiger partial charge is 0.484 e. The lowest BCUT2D eigenvalue weighted by Gasteiger charge is -2.09. The molecule has 0 saturated heterocycles. The van der Waals surface area contributed by atoms with Crippen molar-refractivity contribution < 1.29 is 23.9 Å². The Morgan fingerprint density at radius 1 is 0.808 bits per heavy atom. The van der Waals surface area contributed by atoms with Crippen LogP contribution >= 0.6 is 0 Å². The monoisotopic (exact) mass is 356 g/mol. The number of hydrogen-bond acceptors (Lipinski definition) is 5. The van der Waals surface area contributed by atoms with Crippen molar-refractivity contribution in [2.45, 2.75) is 19.8 Å². The molecule has 0 heterocycles. The molecule has 2 rings (SSSR count). The van der Waals surface area contributed by atoms with Crippen molar-refractivity contribution in [2.75, 3.05) is 6.61 Å². The Balaban J connectivity index is 1.61. The summed E-state index contributed by atoms with van der Waals surface area (Å²) in [4.78, 5) is 34.9. The third kappa shape index (κ3) is 7.04. The fraction of sp³-hybridized carbons (Fsp3) is 0.211. The molecule has 0 unspecified atom stereocenters. The van der Waals surface area contributed by atoms with Gasteiger partial charge in [0.1, 0.15) is 11.5 Å². The first kappa shape index (κ1) is 19.0. The fourth-order valence-corrected chi connectivity index (χ4v) is 1.91. The third-order valence-corrected chi connectivity index (χ3v) is 3.26. The summed E-state index contributed by atoms with van der Waals surface area (Å²) < 4.78 is 10.3. The highest BCUT2D eigenvalue weighted by Crippen LogP contribution is 2.12. The van der Waals surface area contributed by atoms with Gasteiger partial charge in [0.2, 0.25) is 5.91 Å². The predicted octanol–water partition coefficient (Wildman–Crippen LogP) is 1.91. The van der Waals surface area contributed by atoms with E-state index in [1.165, 1.54) is 0 Å². The van der Waals surface area contributed by atoms with Gasteiger partial charge in [-0.3, -0.25) is 25.2 Å². The molecule has 0 radical (unpaired) electrons. The topological polar surface area (TPSA) is 93.7 Å². The third-order valence-electron chi connectivity index (χ3n) is 3.26. The molecule has 2 amide bonds. The molecule has 26 heavy (non-hydrogen) atoms. The van der Waals surface area contributed by atoms with Gasteiger partial charge in [-0.1, -0.05) is 35.9 Å². The zero-order valence-electron chi connectivity index (χ0n) is 14.4. The minimum absolute atomic E-state index is 0.101. The van der Waals surface area contributed by atoms with Crippen LogP contribution < -0.4 is 20.3 Å². The summed E-state index contributed by atoms with van der Waals surface area (Å²) in [6.07, 6.45) is -0.208. The molecule has 0 spiro atoms. The number of para-hydroxylation sites is 1. The summed E-state index contributed by atoms with van der Waals surface area (Å²) in [5.41, 5.74) is 5.49. The van der Waals surface area contributed by atoms with Crippen molar-refractivity contribution in [3.63, 3.8) is 0 Å². The maximum atomic E-state index is 11.7. The van der Waals surface area contributed by atoms with Crippen molar-refractivity contribution in [3.8, 4) is 11.5 Å². The van der Waals surface area contributed by atoms with Crippen LogP contribution in [0.1, 0.15) is 18.4 Å². The zero-order valence-corrected chi connectivity index (χ0v) is 14.4. The van der Waals surface area contributed by atoms with E-state index < -0.39 is 17.8 Å². The van der Waals surface area contributed by atoms with Gasteiger partial charge in [0.25, 0.3) is 5.91 Å². The molecule has 0 aliphatic rings. The molecule has 0 bridgehead atoms. The summed E-state index contributed by atoms with van der Waals surface area (Å²) in [6.45, 7) is 1.69. The summed E-state index contributed by atoms with van der Waals surface area (Å²) in [6, 6.07) is 15.8. The molecule has 0 fully saturated rings. The van der Waals surface area contributed by atoms with Crippen LogP contribution in [0.2, 0.25) is 0 Å². The minimum Gasteiger partial charge on any atom is -0.484 e. The average molecular weight is 356 g/mol. The van der Waals surface area contributed by atoms with Crippen LogP contribution in [-0.2, 0) is 14.4 Å². The normalized spacial score (nSPS) is 9.88. The minimum atomic E-state index is -0.525. The van der Waals surface area contributed by atoms with Crippen LogP contribution in [0.3, 0.4) is 0 Å². The van der Waals surface area contributed by atoms with E-state index in [2.05, 4.69) is 10.9 Å². The number of hydrazine groups is 1. The summed E-state index contributed by atoms with van der Waals surface area (Å²) in [7, 11) is 0. The van der Waals surface area contributed by atoms with Crippen molar-refractivity contribution in [3.05, 3.63) is 60.2 Å². The quantitative estimate of drug-likeness (QED) is 0.449. The van der Waals surface area contributed by atoms with E-state index >= 15 is 0 Å². The second kappa shape index (κ2) is 9.83. The standard InChI is InChI=1S/C19H20N2O5/c1-14-7-9-16(10-8-14)26-19(24)12-11-17(22)20-21-18(23)13-25-15-5-3-2-4-6-15/h2-10H,11-13H2,1H3,(H,20,22)(H,21,23). The number of esters is 1. The lowest BCUT2D eigenvalue weighted by atomic mass is 10.2. The van der Waals surface area contributed by atoms with Gasteiger partial charge >= 0.3 is 5.97 Å². The molecular formula is C19H20N2O5. The van der Waals surface area contributed by atoms with Crippen LogP contribution in [0.25, 0.3) is 0 Å². The van der Waals surface area contributed by atoms with E-state index in [9.17, 15) is 14.4 Å². The van der Waals surface area contributed by atoms with E-state index in [0.29, 0.717) is 11.5 Å². The molecule has 2 aromatic rings. The number of hydrogen-bond donors (Lipinski definition) is 2. The SMILES string of the molecule is Cc1ccc(OC(=O)CCC(=O)NNC(=O)COc2ccccc2)cc1. The molecule has 7 heteroatoms. The van der Waals surface area contributed by atoms with Gasteiger partial charge in [-0.2, -0.15) is 0 Å². The number of nitrogens with one attached hydrogen (secondary N) is 2. The first-order valence-electron chi connectivity index (χ1n) is 8.06. The van der Waals surface area contributed by atoms with Gasteiger partial charge in [-0.25, -0.2) is 0 Å². The van der Waals surface area contributed by atoms with Gasteiger partial charge in [-0.05, 0) is 31.2 Å². The first-order chi connectivity index (χ1) is 12.5. The van der Waals surface area contributed by atoms with Crippen LogP contribution in [0.15, 0.2) is 54.6 Å². The highest BCUT2D eigenvalue weighted by molar-refractivity contribution is 5.85. The van der Waals surface area contributed by atoms with Gasteiger partial charge in [0.05, 0.1) is 6.42 Å². The van der Waals surface area contributed by atoms with Crippen LogP contribution in [-0.4, -0.2) is 24.4 Å². The molecule has 0 saturated carbocycles. The van der Waals surface area contributed by atoms with E-state index in [4.69, 9.17) is 9.47 Å². The molecule has 0 atom stereocenters. The predicted molar refractivity (Wildman–Crippen MR) is 94.3 cm³/mol. The van der Waals surface area contributed by atoms with Gasteiger partial charge in [-0.15, -0.1) is 0 Å². The lowest BCUT2D eigenvalue weighted by molar-refractivity contribution is -0.137. The Morgan fingerprint density at radius 2 is 1.46 bits per heavy atom. The molecule has 2 N–H and O–H groups in total. The number of carbonyl (C=O) groups is 3. The number of benzene rings is 2. The molecule has 7 nitrogen and oxygen atoms in total. The number of rotatable bonds is 7. The van der Waals surface area contributed by atoms with E-state index in [1.807, 2.05) is 25.1 Å². The van der Waals surface area contributed by atoms with E-state index in [0.717, 1.165) is 5.56 Å². The molecular weight excluding hydrogens is 336 g/mol. The Morgan fingerprint density at radius 3 is 2.15 bits per heavy atom. The summed E-state index contributed by atoms with van der Waals surface area (Å²) in [5.74, 6) is -0.564. The second-order valence-electron chi connectivity index (χ2n) is 5.49. The summed E-state index contributed by atoms with van der Waals surface area (Å²) in [5, 5.41) is 0. The average Bonchev–Trinajstić information content (AvgIpc) is 2.65. The van der Waals surface area contributed by atoms with Crippen LogP contribution in [0.4, 0.5) is 0 Å². The molecule has 2 aromatic carbocycles. The smallest absolute Gasteiger partial charge is 0.311 e. The van der Waals surface area contributed by atoms with E-state index in [-0.39, 0.29) is 19.4 Å². The van der Waals surface area contributed by atoms with Crippen LogP contribution in [0.5, 0.6) is 11.5 Å². The Hall–Kier alpha value is -3.35. The van der Waals surface area contributed by atoms with Crippen molar-refractivity contribution in [1.29, 1.82) is 0 Å². The zero-order chi connectivity index (χ0) is 18.8. The van der Waals surface area contributed by atoms with Crippen molar-refractivity contribution in [1.82, 2.24) is 10.9 Å². The maximum Gasteiger partial charge on any atom is 0.311 e. The van der Waals surface area contributed by atoms with Gasteiger partial charge in [0, 0.05) is 6.42 Å². The molecule has 0 aliphatic heterocycles. The fourth-order valence-electron chi connectivity index (χ4n) is 1.91. The van der Waals surface area contributed by atoms with Crippen molar-refractivity contribution >= 4 is 17.8 Å². The molecule has 0 aromatic heterocycles. The van der Waals surface area contributed by atoms with Crippen molar-refractivity contribution in [2.24, 2.45) is 0 Å². The molecule has 136 valence electrons. The van der Waals surface area contributed by atoms with E-state index in [1.54, 1.807) is 36.4 Å². The number of amides is 2. The Labute approximate surface area is 151 Å². The van der Waals surface area contributed by atoms with Crippen LogP contribution in [0, 0.1) is 6.92 Å². The Kier molecular flexibility index (Phi) is 7.17. The highest BCUT2D eigenvalue weighted by Gasteiger charge is 2.10. The number of ether oxygens (including phenoxy) is 2. The summed E-state index contributed by atoms with van der Waals surface area (Å²) >= 11 is 0.